The van der Waals surface area contributed by atoms with Crippen LogP contribution in [-0.4, -0.2) is 77.7 Å². The molecule has 1 fully saturated rings. The highest BCUT2D eigenvalue weighted by Gasteiger charge is 2.61. The number of amides is 1. The number of benzene rings is 1. The fraction of sp³-hybridized carbons (Fsp3) is 0.421. The molecule has 0 radical (unpaired) electrons. The second-order valence-electron chi connectivity index (χ2n) is 7.30. The summed E-state index contributed by atoms with van der Waals surface area (Å²) in [6.45, 7) is 1.14. The number of esters is 1. The molecule has 170 valence electrons. The predicted molar refractivity (Wildman–Crippen MR) is 108 cm³/mol. The number of ether oxygens (including phenoxy) is 3. The predicted octanol–water partition coefficient (Wildman–Crippen LogP) is -0.170. The lowest BCUT2D eigenvalue weighted by Gasteiger charge is -2.50. The van der Waals surface area contributed by atoms with E-state index in [0.29, 0.717) is 5.75 Å². The molecular formula is C19H21N5O7S. The molecule has 12 nitrogen and oxygen atoms in total. The molecule has 3 heterocycles. The van der Waals surface area contributed by atoms with Crippen molar-refractivity contribution >= 4 is 21.7 Å². The number of carbonyl (C=O) groups is 2. The van der Waals surface area contributed by atoms with Crippen molar-refractivity contribution in [1.29, 1.82) is 0 Å². The molecule has 3 atom stereocenters. The maximum absolute atomic E-state index is 12.8. The normalized spacial score (nSPS) is 23.7. The number of tetrazole rings is 1. The molecular weight excluding hydrogens is 442 g/mol. The number of methoxy groups -OCH3 is 2. The Morgan fingerprint density at radius 1 is 1.19 bits per heavy atom. The smallest absolute Gasteiger partial charge is 0.302 e. The van der Waals surface area contributed by atoms with E-state index in [1.54, 1.807) is 19.2 Å². The highest BCUT2D eigenvalue weighted by Crippen LogP contribution is 2.44. The average molecular weight is 463 g/mol. The van der Waals surface area contributed by atoms with Crippen LogP contribution in [-0.2, 0) is 35.4 Å². The van der Waals surface area contributed by atoms with E-state index in [2.05, 4.69) is 15.5 Å². The van der Waals surface area contributed by atoms with Crippen molar-refractivity contribution in [1.82, 2.24) is 25.1 Å². The summed E-state index contributed by atoms with van der Waals surface area (Å²) >= 11 is 0. The highest BCUT2D eigenvalue weighted by molar-refractivity contribution is 7.95. The molecule has 13 heteroatoms. The molecule has 0 saturated carbocycles. The van der Waals surface area contributed by atoms with Gasteiger partial charge in [-0.3, -0.25) is 9.59 Å². The fourth-order valence-corrected chi connectivity index (χ4v) is 5.69. The van der Waals surface area contributed by atoms with Gasteiger partial charge in [0.2, 0.25) is 0 Å². The second kappa shape index (κ2) is 8.31. The van der Waals surface area contributed by atoms with E-state index in [9.17, 15) is 18.0 Å². The Kier molecular flexibility index (Phi) is 5.69. The zero-order chi connectivity index (χ0) is 23.0. The van der Waals surface area contributed by atoms with Crippen LogP contribution in [0.15, 0.2) is 35.2 Å². The van der Waals surface area contributed by atoms with Gasteiger partial charge in [-0.05, 0) is 28.1 Å². The van der Waals surface area contributed by atoms with Crippen molar-refractivity contribution in [3.63, 3.8) is 0 Å². The minimum absolute atomic E-state index is 0.171. The first-order chi connectivity index (χ1) is 15.3. The largest absolute Gasteiger partial charge is 0.497 e. The van der Waals surface area contributed by atoms with Crippen molar-refractivity contribution in [2.24, 2.45) is 0 Å². The van der Waals surface area contributed by atoms with Crippen LogP contribution in [0.3, 0.4) is 0 Å². The zero-order valence-electron chi connectivity index (χ0n) is 17.5. The molecule has 0 spiro atoms. The molecule has 1 aromatic carbocycles. The summed E-state index contributed by atoms with van der Waals surface area (Å²) in [5, 5.41) is 11.6. The topological polar surface area (TPSA) is 143 Å². The van der Waals surface area contributed by atoms with E-state index in [1.165, 1.54) is 23.6 Å². The summed E-state index contributed by atoms with van der Waals surface area (Å²) in [4.78, 5) is 25.3. The number of fused-ring (bicyclic) bond motifs is 1. The Morgan fingerprint density at radius 3 is 2.53 bits per heavy atom. The first kappa shape index (κ1) is 21.9. The van der Waals surface area contributed by atoms with Gasteiger partial charge in [0.25, 0.3) is 5.91 Å². The van der Waals surface area contributed by atoms with Gasteiger partial charge in [0, 0.05) is 25.0 Å². The van der Waals surface area contributed by atoms with Gasteiger partial charge in [0.1, 0.15) is 18.4 Å². The minimum atomic E-state index is -3.88. The van der Waals surface area contributed by atoms with Crippen molar-refractivity contribution in [2.45, 2.75) is 31.0 Å². The number of carbonyl (C=O) groups excluding carboxylic acids is 2. The van der Waals surface area contributed by atoms with Gasteiger partial charge < -0.3 is 19.1 Å². The highest BCUT2D eigenvalue weighted by atomic mass is 32.2. The molecule has 1 unspecified atom stereocenters. The lowest BCUT2D eigenvalue weighted by atomic mass is 9.99. The van der Waals surface area contributed by atoms with Gasteiger partial charge in [-0.15, -0.1) is 5.10 Å². The quantitative estimate of drug-likeness (QED) is 0.401. The van der Waals surface area contributed by atoms with Crippen molar-refractivity contribution in [3.8, 4) is 5.75 Å². The van der Waals surface area contributed by atoms with Crippen LogP contribution in [0.1, 0.15) is 24.4 Å². The van der Waals surface area contributed by atoms with E-state index >= 15 is 0 Å². The summed E-state index contributed by atoms with van der Waals surface area (Å²) in [5.41, 5.74) is 1.03. The molecule has 1 saturated heterocycles. The molecule has 2 aliphatic rings. The van der Waals surface area contributed by atoms with Crippen LogP contribution in [0.4, 0.5) is 0 Å². The van der Waals surface area contributed by atoms with E-state index in [-0.39, 0.29) is 24.5 Å². The molecule has 32 heavy (non-hydrogen) atoms. The number of nitrogens with zero attached hydrogens (tertiary/aromatic N) is 5. The Labute approximate surface area is 183 Å². The van der Waals surface area contributed by atoms with Gasteiger partial charge in [-0.25, -0.2) is 13.1 Å². The standard InChI is InChI=1S/C19H21N5O7S/c1-11(25)31-9-13-10-32(27,28)19-16(30-3)18(26)24(19)15(13)17-20-21-22-23(17)8-12-4-6-14(29-2)7-5-12/h4-7,10,15-16,19H,8-9H2,1-3H3/t15?,16-,19-/m0/s1. The number of hydrogen-bond acceptors (Lipinski definition) is 10. The molecule has 0 aliphatic carbocycles. The number of β-lactam (4-membered cyclic amide) rings is 1. The molecule has 1 aromatic heterocycles. The molecule has 2 aromatic rings. The van der Waals surface area contributed by atoms with Crippen LogP contribution in [0.25, 0.3) is 0 Å². The van der Waals surface area contributed by atoms with Crippen LogP contribution < -0.4 is 4.74 Å². The number of hydrogen-bond donors (Lipinski definition) is 0. The van der Waals surface area contributed by atoms with Crippen molar-refractivity contribution < 1.29 is 32.2 Å². The number of sulfone groups is 1. The number of rotatable bonds is 7. The van der Waals surface area contributed by atoms with Crippen LogP contribution in [0.2, 0.25) is 0 Å². The molecule has 1 amide bonds. The van der Waals surface area contributed by atoms with E-state index < -0.39 is 39.2 Å². The molecule has 0 bridgehead atoms. The van der Waals surface area contributed by atoms with E-state index in [0.717, 1.165) is 11.0 Å². The third-order valence-corrected chi connectivity index (χ3v) is 7.08. The van der Waals surface area contributed by atoms with Crippen molar-refractivity contribution in [3.05, 3.63) is 46.6 Å². The second-order valence-corrected chi connectivity index (χ2v) is 9.20. The Bertz CT molecular complexity index is 1170. The van der Waals surface area contributed by atoms with E-state index in [1.807, 2.05) is 12.1 Å². The van der Waals surface area contributed by atoms with Gasteiger partial charge in [0.15, 0.2) is 27.1 Å². The monoisotopic (exact) mass is 463 g/mol. The Morgan fingerprint density at radius 2 is 1.91 bits per heavy atom. The van der Waals surface area contributed by atoms with Crippen LogP contribution in [0, 0.1) is 0 Å². The van der Waals surface area contributed by atoms with Gasteiger partial charge in [-0.1, -0.05) is 12.1 Å². The van der Waals surface area contributed by atoms with Gasteiger partial charge in [-0.2, -0.15) is 0 Å². The summed E-state index contributed by atoms with van der Waals surface area (Å²) in [6.07, 6.45) is -1.13. The van der Waals surface area contributed by atoms with Crippen molar-refractivity contribution in [2.75, 3.05) is 20.8 Å². The fourth-order valence-electron chi connectivity index (χ4n) is 3.82. The van der Waals surface area contributed by atoms with Gasteiger partial charge >= 0.3 is 5.97 Å². The SMILES string of the molecule is COc1ccc(Cn2nnnc2C2C(COC(C)=O)=CS(=O)(=O)[C@H]3[C@@H](OC)C(=O)N23)cc1. The van der Waals surface area contributed by atoms with Gasteiger partial charge in [0.05, 0.1) is 13.7 Å². The summed E-state index contributed by atoms with van der Waals surface area (Å²) in [5.74, 6) is -0.179. The first-order valence-electron chi connectivity index (χ1n) is 9.58. The van der Waals surface area contributed by atoms with Crippen LogP contribution in [0.5, 0.6) is 5.75 Å². The lowest BCUT2D eigenvalue weighted by molar-refractivity contribution is -0.167. The summed E-state index contributed by atoms with van der Waals surface area (Å²) in [7, 11) is -1.04. The number of aromatic nitrogens is 4. The Hall–Kier alpha value is -3.32. The first-order valence-corrected chi connectivity index (χ1v) is 11.2. The maximum Gasteiger partial charge on any atom is 0.302 e. The molecule has 4 rings (SSSR count). The minimum Gasteiger partial charge on any atom is -0.497 e. The maximum atomic E-state index is 12.8. The zero-order valence-corrected chi connectivity index (χ0v) is 18.4. The molecule has 2 aliphatic heterocycles. The third kappa shape index (κ3) is 3.73. The molecule has 0 N–H and O–H groups in total. The van der Waals surface area contributed by atoms with E-state index in [4.69, 9.17) is 14.2 Å². The van der Waals surface area contributed by atoms with Crippen LogP contribution >= 0.6 is 0 Å². The lowest BCUT2D eigenvalue weighted by Crippen LogP contribution is -2.70. The Balaban J connectivity index is 1.73. The summed E-state index contributed by atoms with van der Waals surface area (Å²) in [6, 6.07) is 6.32. The third-order valence-electron chi connectivity index (χ3n) is 5.30. The summed E-state index contributed by atoms with van der Waals surface area (Å²) < 4.78 is 42.4. The average Bonchev–Trinajstić information content (AvgIpc) is 3.20.